The molecule has 1 amide bonds. The van der Waals surface area contributed by atoms with Crippen molar-refractivity contribution in [1.29, 1.82) is 0 Å². The number of ether oxygens (including phenoxy) is 2. The number of carbonyl (C=O) groups is 1. The van der Waals surface area contributed by atoms with Gasteiger partial charge < -0.3 is 18.9 Å². The maximum atomic E-state index is 12.5. The molecule has 2 aromatic rings. The van der Waals surface area contributed by atoms with Crippen LogP contribution >= 0.6 is 0 Å². The van der Waals surface area contributed by atoms with Gasteiger partial charge in [-0.15, -0.1) is 0 Å². The van der Waals surface area contributed by atoms with Crippen LogP contribution in [0.25, 0.3) is 0 Å². The van der Waals surface area contributed by atoms with Crippen molar-refractivity contribution in [1.82, 2.24) is 10.1 Å². The highest BCUT2D eigenvalue weighted by Crippen LogP contribution is 2.39. The number of hydrogen-bond acceptors (Lipinski definition) is 5. The van der Waals surface area contributed by atoms with E-state index in [1.165, 1.54) is 6.26 Å². The van der Waals surface area contributed by atoms with E-state index in [2.05, 4.69) is 12.1 Å². The summed E-state index contributed by atoms with van der Waals surface area (Å²) in [5.41, 5.74) is 0.0468. The highest BCUT2D eigenvalue weighted by atomic mass is 16.6. The highest BCUT2D eigenvalue weighted by Gasteiger charge is 2.47. The maximum absolute atomic E-state index is 12.5. The lowest BCUT2D eigenvalue weighted by molar-refractivity contribution is -0.0675. The minimum atomic E-state index is -0.321. The number of piperidine rings is 1. The SMILES string of the molecule is C[C@]1(COc2ccccc2)C[C@@H]2CN(C(=O)c3ccon3)CC[C@@H]2O1. The van der Waals surface area contributed by atoms with E-state index in [0.717, 1.165) is 18.6 Å². The third kappa shape index (κ3) is 3.39. The van der Waals surface area contributed by atoms with E-state index < -0.39 is 0 Å². The summed E-state index contributed by atoms with van der Waals surface area (Å²) >= 11 is 0. The minimum absolute atomic E-state index is 0.0682. The predicted molar refractivity (Wildman–Crippen MR) is 90.3 cm³/mol. The second kappa shape index (κ2) is 6.52. The Labute approximate surface area is 146 Å². The first kappa shape index (κ1) is 16.1. The number of carbonyl (C=O) groups excluding carboxylic acids is 1. The first-order valence-electron chi connectivity index (χ1n) is 8.68. The Balaban J connectivity index is 1.37. The lowest BCUT2D eigenvalue weighted by atomic mass is 9.89. The number of para-hydroxylation sites is 1. The first-order valence-corrected chi connectivity index (χ1v) is 8.68. The monoisotopic (exact) mass is 342 g/mol. The van der Waals surface area contributed by atoms with Gasteiger partial charge in [0, 0.05) is 25.1 Å². The average molecular weight is 342 g/mol. The Bertz CT molecular complexity index is 718. The van der Waals surface area contributed by atoms with Crippen molar-refractivity contribution >= 4 is 5.91 Å². The summed E-state index contributed by atoms with van der Waals surface area (Å²) in [4.78, 5) is 14.3. The normalized spacial score (nSPS) is 28.6. The molecule has 0 radical (unpaired) electrons. The molecule has 25 heavy (non-hydrogen) atoms. The van der Waals surface area contributed by atoms with Gasteiger partial charge in [-0.2, -0.15) is 0 Å². The maximum Gasteiger partial charge on any atom is 0.276 e. The summed E-state index contributed by atoms with van der Waals surface area (Å²) in [6.45, 7) is 3.99. The van der Waals surface area contributed by atoms with Crippen molar-refractivity contribution < 1.29 is 18.8 Å². The van der Waals surface area contributed by atoms with E-state index in [1.54, 1.807) is 6.07 Å². The fourth-order valence-electron chi connectivity index (χ4n) is 3.85. The van der Waals surface area contributed by atoms with Crippen LogP contribution in [-0.2, 0) is 4.74 Å². The number of likely N-dealkylation sites (tertiary alicyclic amines) is 1. The molecule has 2 saturated heterocycles. The van der Waals surface area contributed by atoms with Crippen molar-refractivity contribution in [2.24, 2.45) is 5.92 Å². The quantitative estimate of drug-likeness (QED) is 0.855. The van der Waals surface area contributed by atoms with Crippen LogP contribution in [0.1, 0.15) is 30.3 Å². The molecule has 6 nitrogen and oxygen atoms in total. The lowest BCUT2D eigenvalue weighted by Crippen LogP contribution is -2.44. The summed E-state index contributed by atoms with van der Waals surface area (Å²) in [7, 11) is 0. The van der Waals surface area contributed by atoms with Gasteiger partial charge in [0.1, 0.15) is 24.2 Å². The van der Waals surface area contributed by atoms with E-state index in [1.807, 2.05) is 35.2 Å². The van der Waals surface area contributed by atoms with E-state index in [-0.39, 0.29) is 17.6 Å². The smallest absolute Gasteiger partial charge is 0.276 e. The second-order valence-electron chi connectivity index (χ2n) is 7.10. The molecule has 0 spiro atoms. The molecule has 3 heterocycles. The number of fused-ring (bicyclic) bond motifs is 1. The van der Waals surface area contributed by atoms with Crippen molar-refractivity contribution in [3.05, 3.63) is 48.4 Å². The van der Waals surface area contributed by atoms with Gasteiger partial charge in [0.05, 0.1) is 6.10 Å². The van der Waals surface area contributed by atoms with Crippen LogP contribution in [-0.4, -0.2) is 47.4 Å². The van der Waals surface area contributed by atoms with Crippen LogP contribution < -0.4 is 4.74 Å². The molecule has 132 valence electrons. The van der Waals surface area contributed by atoms with Crippen molar-refractivity contribution in [3.63, 3.8) is 0 Å². The largest absolute Gasteiger partial charge is 0.491 e. The van der Waals surface area contributed by atoms with Crippen molar-refractivity contribution in [2.75, 3.05) is 19.7 Å². The molecule has 3 atom stereocenters. The Morgan fingerprint density at radius 3 is 2.96 bits per heavy atom. The standard InChI is InChI=1S/C19H22N2O4/c1-19(13-23-15-5-3-2-4-6-15)11-14-12-21(9-7-17(14)25-19)18(22)16-8-10-24-20-16/h2-6,8,10,14,17H,7,9,11-13H2,1H3/t14-,17+,19-/m1/s1. The fourth-order valence-corrected chi connectivity index (χ4v) is 3.85. The zero-order chi connectivity index (χ0) is 17.3. The summed E-state index contributed by atoms with van der Waals surface area (Å²) < 4.78 is 17.0. The molecule has 0 unspecified atom stereocenters. The molecule has 0 bridgehead atoms. The third-order valence-corrected chi connectivity index (χ3v) is 5.03. The molecule has 2 aliphatic rings. The molecule has 2 fully saturated rings. The Kier molecular flexibility index (Phi) is 4.21. The molecular weight excluding hydrogens is 320 g/mol. The molecule has 0 N–H and O–H groups in total. The third-order valence-electron chi connectivity index (χ3n) is 5.03. The number of benzene rings is 1. The number of hydrogen-bond donors (Lipinski definition) is 0. The topological polar surface area (TPSA) is 64.8 Å². The molecule has 6 heteroatoms. The number of aromatic nitrogens is 1. The van der Waals surface area contributed by atoms with E-state index in [9.17, 15) is 4.79 Å². The molecule has 2 aliphatic heterocycles. The summed E-state index contributed by atoms with van der Waals surface area (Å²) in [5.74, 6) is 1.11. The molecule has 1 aromatic carbocycles. The zero-order valence-corrected chi connectivity index (χ0v) is 14.3. The van der Waals surface area contributed by atoms with E-state index in [0.29, 0.717) is 31.3 Å². The average Bonchev–Trinajstić information content (AvgIpc) is 3.27. The van der Waals surface area contributed by atoms with Gasteiger partial charge >= 0.3 is 0 Å². The van der Waals surface area contributed by atoms with Gasteiger partial charge in [-0.3, -0.25) is 4.79 Å². The molecular formula is C19H22N2O4. The van der Waals surface area contributed by atoms with Gasteiger partial charge in [0.15, 0.2) is 5.69 Å². The summed E-state index contributed by atoms with van der Waals surface area (Å²) in [6, 6.07) is 11.4. The Morgan fingerprint density at radius 2 is 2.20 bits per heavy atom. The molecule has 0 aliphatic carbocycles. The van der Waals surface area contributed by atoms with Gasteiger partial charge in [0.25, 0.3) is 5.91 Å². The lowest BCUT2D eigenvalue weighted by Gasteiger charge is -2.33. The molecule has 4 rings (SSSR count). The minimum Gasteiger partial charge on any atom is -0.491 e. The number of nitrogens with zero attached hydrogens (tertiary/aromatic N) is 2. The second-order valence-corrected chi connectivity index (χ2v) is 7.10. The predicted octanol–water partition coefficient (Wildman–Crippen LogP) is 2.76. The van der Waals surface area contributed by atoms with Crippen molar-refractivity contribution in [2.45, 2.75) is 31.5 Å². The van der Waals surface area contributed by atoms with Gasteiger partial charge in [-0.05, 0) is 31.9 Å². The highest BCUT2D eigenvalue weighted by molar-refractivity contribution is 5.92. The number of amides is 1. The summed E-state index contributed by atoms with van der Waals surface area (Å²) in [6.07, 6.45) is 3.34. The fraction of sp³-hybridized carbons (Fsp3) is 0.474. The van der Waals surface area contributed by atoms with Gasteiger partial charge in [0.2, 0.25) is 0 Å². The molecule has 0 saturated carbocycles. The first-order chi connectivity index (χ1) is 12.1. The Hall–Kier alpha value is -2.34. The van der Waals surface area contributed by atoms with Crippen LogP contribution in [0.5, 0.6) is 5.75 Å². The van der Waals surface area contributed by atoms with Gasteiger partial charge in [-0.25, -0.2) is 0 Å². The zero-order valence-electron chi connectivity index (χ0n) is 14.3. The van der Waals surface area contributed by atoms with Crippen LogP contribution in [0.4, 0.5) is 0 Å². The Morgan fingerprint density at radius 1 is 1.36 bits per heavy atom. The van der Waals surface area contributed by atoms with Gasteiger partial charge in [-0.1, -0.05) is 23.4 Å². The van der Waals surface area contributed by atoms with Crippen LogP contribution in [0.3, 0.4) is 0 Å². The summed E-state index contributed by atoms with van der Waals surface area (Å²) in [5, 5.41) is 3.75. The van der Waals surface area contributed by atoms with Crippen LogP contribution in [0.15, 0.2) is 47.2 Å². The van der Waals surface area contributed by atoms with E-state index in [4.69, 9.17) is 14.0 Å². The van der Waals surface area contributed by atoms with Crippen LogP contribution in [0.2, 0.25) is 0 Å². The number of rotatable bonds is 4. The van der Waals surface area contributed by atoms with E-state index >= 15 is 0 Å². The molecule has 1 aromatic heterocycles. The van der Waals surface area contributed by atoms with Crippen molar-refractivity contribution in [3.8, 4) is 5.75 Å². The van der Waals surface area contributed by atoms with Crippen LogP contribution in [0, 0.1) is 5.92 Å².